The Balaban J connectivity index is 1.80. The number of imide groups is 1. The van der Waals surface area contributed by atoms with E-state index in [2.05, 4.69) is 44.2 Å². The molecular weight excluding hydrogens is 452 g/mol. The van der Waals surface area contributed by atoms with Crippen molar-refractivity contribution in [2.45, 2.75) is 39.3 Å². The van der Waals surface area contributed by atoms with Crippen LogP contribution in [0.4, 0.5) is 0 Å². The highest BCUT2D eigenvalue weighted by molar-refractivity contribution is 6.76. The number of amides is 2. The summed E-state index contributed by atoms with van der Waals surface area (Å²) in [4.78, 5) is 28.9. The Labute approximate surface area is 201 Å². The first-order valence-electron chi connectivity index (χ1n) is 11.9. The van der Waals surface area contributed by atoms with E-state index in [-0.39, 0.29) is 11.8 Å². The smallest absolute Gasteiger partial charge is 0.261 e. The summed E-state index contributed by atoms with van der Waals surface area (Å²) in [5.41, 5.74) is 0.989. The summed E-state index contributed by atoms with van der Waals surface area (Å²) in [5, 5.41) is 0. The molecule has 0 saturated heterocycles. The largest absolute Gasteiger partial charge is 0.383 e. The summed E-state index contributed by atoms with van der Waals surface area (Å²) in [6.45, 7) is 18.5. The van der Waals surface area contributed by atoms with Crippen LogP contribution in [0.3, 0.4) is 0 Å². The second-order valence-electron chi connectivity index (χ2n) is 11.0. The fourth-order valence-electron chi connectivity index (χ4n) is 3.38. The molecule has 1 aliphatic rings. The van der Waals surface area contributed by atoms with E-state index in [0.29, 0.717) is 57.2 Å². The highest BCUT2D eigenvalue weighted by Crippen LogP contribution is 2.22. The third-order valence-corrected chi connectivity index (χ3v) is 7.20. The van der Waals surface area contributed by atoms with Gasteiger partial charge in [-0.25, -0.2) is 0 Å². The Morgan fingerprint density at radius 1 is 0.697 bits per heavy atom. The van der Waals surface area contributed by atoms with Gasteiger partial charge >= 0.3 is 0 Å². The molecule has 0 aliphatic carbocycles. The normalized spacial score (nSPS) is 14.5. The standard InChI is InChI=1S/C24H42N2O5Si2/c1-32(2,3)19-30-16-14-25(13-15-29-17-18-31-20-33(4,5)6)11-12-26-23(27)21-9-7-8-10-22(21)24(26)28/h7-10H,11-20H2,1-6H3. The first-order valence-corrected chi connectivity index (χ1v) is 19.3. The number of hydrogen-bond donors (Lipinski definition) is 0. The molecule has 0 fully saturated rings. The van der Waals surface area contributed by atoms with Crippen molar-refractivity contribution in [3.05, 3.63) is 35.4 Å². The van der Waals surface area contributed by atoms with E-state index in [1.165, 1.54) is 4.90 Å². The fourth-order valence-corrected chi connectivity index (χ4v) is 4.90. The number of rotatable bonds is 16. The van der Waals surface area contributed by atoms with Crippen molar-refractivity contribution in [2.75, 3.05) is 65.1 Å². The van der Waals surface area contributed by atoms with Gasteiger partial charge in [0.25, 0.3) is 11.8 Å². The van der Waals surface area contributed by atoms with Crippen molar-refractivity contribution in [3.63, 3.8) is 0 Å². The molecule has 9 heteroatoms. The van der Waals surface area contributed by atoms with E-state index in [9.17, 15) is 9.59 Å². The lowest BCUT2D eigenvalue weighted by molar-refractivity contribution is 0.0423. The van der Waals surface area contributed by atoms with Gasteiger partial charge in [0.2, 0.25) is 0 Å². The minimum Gasteiger partial charge on any atom is -0.383 e. The SMILES string of the molecule is C[Si](C)(C)COCCOCCN(CCOC[Si](C)(C)C)CCN1C(=O)c2ccccc2C1=O. The first kappa shape index (κ1) is 27.9. The van der Waals surface area contributed by atoms with Crippen molar-refractivity contribution in [1.29, 1.82) is 0 Å². The van der Waals surface area contributed by atoms with E-state index in [4.69, 9.17) is 14.2 Å². The monoisotopic (exact) mass is 494 g/mol. The van der Waals surface area contributed by atoms with Crippen molar-refractivity contribution >= 4 is 28.0 Å². The second-order valence-corrected chi connectivity index (χ2v) is 21.8. The third-order valence-electron chi connectivity index (χ3n) is 5.06. The minimum absolute atomic E-state index is 0.207. The lowest BCUT2D eigenvalue weighted by atomic mass is 10.1. The Morgan fingerprint density at radius 3 is 1.67 bits per heavy atom. The average Bonchev–Trinajstić information content (AvgIpc) is 2.97. The summed E-state index contributed by atoms with van der Waals surface area (Å²) in [5.74, 6) is -0.414. The van der Waals surface area contributed by atoms with Gasteiger partial charge in [0.1, 0.15) is 0 Å². The molecule has 1 aliphatic heterocycles. The molecule has 0 aromatic heterocycles. The molecule has 0 atom stereocenters. The zero-order valence-corrected chi connectivity index (χ0v) is 23.3. The van der Waals surface area contributed by atoms with Gasteiger partial charge < -0.3 is 14.2 Å². The summed E-state index contributed by atoms with van der Waals surface area (Å²) in [6, 6.07) is 7.02. The predicted molar refractivity (Wildman–Crippen MR) is 137 cm³/mol. The summed E-state index contributed by atoms with van der Waals surface area (Å²) in [6.07, 6.45) is 1.67. The molecule has 1 heterocycles. The fraction of sp³-hybridized carbons (Fsp3) is 0.667. The van der Waals surface area contributed by atoms with E-state index in [0.717, 1.165) is 19.0 Å². The minimum atomic E-state index is -1.26. The lowest BCUT2D eigenvalue weighted by Gasteiger charge is -2.25. The maximum atomic E-state index is 12.7. The lowest BCUT2D eigenvalue weighted by Crippen LogP contribution is -2.41. The molecule has 33 heavy (non-hydrogen) atoms. The molecule has 1 aromatic rings. The Morgan fingerprint density at radius 2 is 1.15 bits per heavy atom. The molecule has 0 radical (unpaired) electrons. The van der Waals surface area contributed by atoms with Crippen LogP contribution in [0.1, 0.15) is 20.7 Å². The first-order chi connectivity index (χ1) is 15.5. The number of fused-ring (bicyclic) bond motifs is 1. The highest BCUT2D eigenvalue weighted by Gasteiger charge is 2.34. The van der Waals surface area contributed by atoms with Crippen LogP contribution in [0.25, 0.3) is 0 Å². The van der Waals surface area contributed by atoms with Gasteiger partial charge in [-0.05, 0) is 12.1 Å². The zero-order valence-electron chi connectivity index (χ0n) is 21.3. The summed E-state index contributed by atoms with van der Waals surface area (Å²) >= 11 is 0. The molecule has 7 nitrogen and oxygen atoms in total. The number of ether oxygens (including phenoxy) is 3. The molecule has 2 rings (SSSR count). The predicted octanol–water partition coefficient (Wildman–Crippen LogP) is 3.39. The van der Waals surface area contributed by atoms with Crippen LogP contribution in [0.2, 0.25) is 39.3 Å². The van der Waals surface area contributed by atoms with Crippen LogP contribution in [-0.2, 0) is 14.2 Å². The van der Waals surface area contributed by atoms with Gasteiger partial charge in [-0.2, -0.15) is 0 Å². The Kier molecular flexibility index (Phi) is 10.9. The Hall–Kier alpha value is -1.37. The van der Waals surface area contributed by atoms with Crippen LogP contribution in [0, 0.1) is 0 Å². The van der Waals surface area contributed by atoms with Crippen LogP contribution in [0.15, 0.2) is 24.3 Å². The molecule has 0 unspecified atom stereocenters. The van der Waals surface area contributed by atoms with E-state index < -0.39 is 16.1 Å². The van der Waals surface area contributed by atoms with Gasteiger partial charge in [-0.15, -0.1) is 0 Å². The van der Waals surface area contributed by atoms with Crippen LogP contribution >= 0.6 is 0 Å². The second kappa shape index (κ2) is 12.9. The highest BCUT2D eigenvalue weighted by atomic mass is 28.3. The van der Waals surface area contributed by atoms with E-state index >= 15 is 0 Å². The van der Waals surface area contributed by atoms with E-state index in [1.54, 1.807) is 24.3 Å². The Bertz CT molecular complexity index is 742. The van der Waals surface area contributed by atoms with Crippen molar-refractivity contribution in [1.82, 2.24) is 9.80 Å². The van der Waals surface area contributed by atoms with Gasteiger partial charge in [-0.3, -0.25) is 19.4 Å². The van der Waals surface area contributed by atoms with Crippen molar-refractivity contribution in [3.8, 4) is 0 Å². The van der Waals surface area contributed by atoms with Crippen molar-refractivity contribution in [2.24, 2.45) is 0 Å². The van der Waals surface area contributed by atoms with Gasteiger partial charge in [0.05, 0.1) is 53.7 Å². The van der Waals surface area contributed by atoms with Gasteiger partial charge in [0.15, 0.2) is 0 Å². The van der Waals surface area contributed by atoms with Gasteiger partial charge in [-0.1, -0.05) is 51.4 Å². The average molecular weight is 495 g/mol. The van der Waals surface area contributed by atoms with Crippen LogP contribution in [-0.4, -0.2) is 103 Å². The van der Waals surface area contributed by atoms with E-state index in [1.807, 2.05) is 0 Å². The molecule has 186 valence electrons. The molecule has 0 spiro atoms. The summed E-state index contributed by atoms with van der Waals surface area (Å²) < 4.78 is 17.4. The number of carbonyl (C=O) groups excluding carboxylic acids is 2. The van der Waals surface area contributed by atoms with Crippen LogP contribution < -0.4 is 0 Å². The number of hydrogen-bond acceptors (Lipinski definition) is 6. The molecular formula is C24H42N2O5Si2. The van der Waals surface area contributed by atoms with Crippen molar-refractivity contribution < 1.29 is 23.8 Å². The molecule has 0 saturated carbocycles. The molecule has 2 amide bonds. The van der Waals surface area contributed by atoms with Gasteiger partial charge in [0, 0.05) is 38.6 Å². The molecule has 0 N–H and O–H groups in total. The zero-order chi connectivity index (χ0) is 24.5. The number of benzene rings is 1. The maximum absolute atomic E-state index is 12.7. The summed E-state index contributed by atoms with van der Waals surface area (Å²) in [7, 11) is -2.45. The van der Waals surface area contributed by atoms with Crippen LogP contribution in [0.5, 0.6) is 0 Å². The third kappa shape index (κ3) is 10.2. The molecule has 1 aromatic carbocycles. The quantitative estimate of drug-likeness (QED) is 0.199. The number of nitrogens with zero attached hydrogens (tertiary/aromatic N) is 2. The topological polar surface area (TPSA) is 68.3 Å². The maximum Gasteiger partial charge on any atom is 0.261 e. The molecule has 0 bridgehead atoms. The number of carbonyl (C=O) groups is 2.